The number of amides is 1. The van der Waals surface area contributed by atoms with E-state index in [2.05, 4.69) is 15.5 Å². The predicted molar refractivity (Wildman–Crippen MR) is 130 cm³/mol. The van der Waals surface area contributed by atoms with E-state index in [1.165, 1.54) is 6.08 Å². The van der Waals surface area contributed by atoms with E-state index >= 15 is 0 Å². The molecule has 0 bridgehead atoms. The Morgan fingerprint density at radius 2 is 1.77 bits per heavy atom. The summed E-state index contributed by atoms with van der Waals surface area (Å²) in [6.07, 6.45) is 3.06. The van der Waals surface area contributed by atoms with Crippen LogP contribution in [-0.2, 0) is 14.6 Å². The lowest BCUT2D eigenvalue weighted by molar-refractivity contribution is -0.112. The molecule has 0 spiro atoms. The Morgan fingerprint density at radius 1 is 1.09 bits per heavy atom. The number of anilines is 1. The smallest absolute Gasteiger partial charge is 0.268 e. The molecule has 0 fully saturated rings. The van der Waals surface area contributed by atoms with Crippen LogP contribution in [-0.4, -0.2) is 51.1 Å². The van der Waals surface area contributed by atoms with Crippen LogP contribution in [0.2, 0.25) is 0 Å². The van der Waals surface area contributed by atoms with Crippen molar-refractivity contribution in [1.82, 2.24) is 10.2 Å². The monoisotopic (exact) mass is 514 g/mol. The molecule has 1 heterocycles. The van der Waals surface area contributed by atoms with Gasteiger partial charge in [0.15, 0.2) is 0 Å². The first-order valence-electron chi connectivity index (χ1n) is 10.2. The van der Waals surface area contributed by atoms with Gasteiger partial charge in [-0.2, -0.15) is 5.26 Å². The second-order valence-electron chi connectivity index (χ2n) is 7.07. The molecule has 0 aliphatic carbocycles. The van der Waals surface area contributed by atoms with Gasteiger partial charge in [0.05, 0.1) is 20.3 Å². The Labute approximate surface area is 206 Å². The largest absolute Gasteiger partial charge is 0.497 e. The average Bonchev–Trinajstić information content (AvgIpc) is 3.32. The maximum atomic E-state index is 12.4. The van der Waals surface area contributed by atoms with E-state index in [9.17, 15) is 18.5 Å². The summed E-state index contributed by atoms with van der Waals surface area (Å²) in [6.45, 7) is 0.928. The van der Waals surface area contributed by atoms with Crippen LogP contribution in [0.25, 0.3) is 6.08 Å². The number of rotatable bonds is 11. The molecule has 1 aromatic heterocycles. The topological polar surface area (TPSA) is 140 Å². The molecule has 0 saturated carbocycles. The van der Waals surface area contributed by atoms with E-state index in [4.69, 9.17) is 14.2 Å². The summed E-state index contributed by atoms with van der Waals surface area (Å²) < 4.78 is 39.3. The fourth-order valence-electron chi connectivity index (χ4n) is 2.68. The second-order valence-corrected chi connectivity index (χ2v) is 10.2. The van der Waals surface area contributed by atoms with Crippen molar-refractivity contribution in [3.63, 3.8) is 0 Å². The van der Waals surface area contributed by atoms with Crippen LogP contribution in [0, 0.1) is 11.3 Å². The molecule has 35 heavy (non-hydrogen) atoms. The normalized spacial score (nSPS) is 11.4. The minimum Gasteiger partial charge on any atom is -0.497 e. The number of nitriles is 1. The molecule has 0 unspecified atom stereocenters. The van der Waals surface area contributed by atoms with Crippen molar-refractivity contribution < 1.29 is 27.4 Å². The number of carbonyl (C=O) groups excluding carboxylic acids is 1. The van der Waals surface area contributed by atoms with Crippen LogP contribution in [0.1, 0.15) is 12.0 Å². The molecule has 3 aromatic rings. The Bertz CT molecular complexity index is 1340. The Morgan fingerprint density at radius 3 is 2.40 bits per heavy atom. The van der Waals surface area contributed by atoms with E-state index in [0.29, 0.717) is 42.3 Å². The quantitative estimate of drug-likeness (QED) is 0.176. The van der Waals surface area contributed by atoms with Crippen molar-refractivity contribution in [3.05, 3.63) is 59.7 Å². The third-order valence-electron chi connectivity index (χ3n) is 4.37. The predicted octanol–water partition coefficient (Wildman–Crippen LogP) is 3.34. The summed E-state index contributed by atoms with van der Waals surface area (Å²) in [5.41, 5.74) is 0.434. The van der Waals surface area contributed by atoms with Gasteiger partial charge in [0.1, 0.15) is 28.9 Å². The number of ether oxygens (including phenoxy) is 3. The summed E-state index contributed by atoms with van der Waals surface area (Å²) in [5, 5.41) is 18.8. The fraction of sp³-hybridized carbons (Fsp3) is 0.217. The highest BCUT2D eigenvalue weighted by atomic mass is 32.2. The van der Waals surface area contributed by atoms with Crippen molar-refractivity contribution in [2.24, 2.45) is 0 Å². The standard InChI is InChI=1S/C23H22N4O6S2/c1-31-19-5-3-6-20(14-19)33-12-4-11-32-18-9-7-16(8-10-18)13-17(15-24)21(28)25-22-26-27-23(34-22)35(2,29)30/h3,5-10,13-14H,4,11-12H2,1-2H3,(H,25,26,28). The van der Waals surface area contributed by atoms with Crippen LogP contribution in [0.4, 0.5) is 5.13 Å². The molecular weight excluding hydrogens is 492 g/mol. The van der Waals surface area contributed by atoms with Gasteiger partial charge in [-0.3, -0.25) is 10.1 Å². The zero-order valence-corrected chi connectivity index (χ0v) is 20.6. The molecule has 0 radical (unpaired) electrons. The first-order chi connectivity index (χ1) is 16.8. The van der Waals surface area contributed by atoms with E-state index in [1.54, 1.807) is 31.4 Å². The number of hydrogen-bond donors (Lipinski definition) is 1. The molecule has 2 aromatic carbocycles. The van der Waals surface area contributed by atoms with Crippen LogP contribution in [0.5, 0.6) is 17.2 Å². The molecular formula is C23H22N4O6S2. The molecule has 12 heteroatoms. The molecule has 182 valence electrons. The molecule has 0 aliphatic rings. The summed E-state index contributed by atoms with van der Waals surface area (Å²) >= 11 is 0.706. The van der Waals surface area contributed by atoms with Gasteiger partial charge in [-0.05, 0) is 35.9 Å². The van der Waals surface area contributed by atoms with Crippen molar-refractivity contribution in [3.8, 4) is 23.3 Å². The highest BCUT2D eigenvalue weighted by Gasteiger charge is 2.17. The summed E-state index contributed by atoms with van der Waals surface area (Å²) in [4.78, 5) is 12.4. The Hall–Kier alpha value is -3.95. The van der Waals surface area contributed by atoms with Gasteiger partial charge in [-0.25, -0.2) is 8.42 Å². The van der Waals surface area contributed by atoms with Crippen molar-refractivity contribution in [2.75, 3.05) is 31.9 Å². The fourth-order valence-corrected chi connectivity index (χ4v) is 4.18. The number of methoxy groups -OCH3 is 1. The zero-order chi connectivity index (χ0) is 25.3. The maximum absolute atomic E-state index is 12.4. The third-order valence-corrected chi connectivity index (χ3v) is 6.88. The zero-order valence-electron chi connectivity index (χ0n) is 18.9. The van der Waals surface area contributed by atoms with Gasteiger partial charge in [0.25, 0.3) is 5.91 Å². The number of nitrogens with zero attached hydrogens (tertiary/aromatic N) is 3. The number of aromatic nitrogens is 2. The van der Waals surface area contributed by atoms with Gasteiger partial charge in [-0.1, -0.05) is 29.5 Å². The Kier molecular flexibility index (Phi) is 8.77. The van der Waals surface area contributed by atoms with Gasteiger partial charge >= 0.3 is 0 Å². The lowest BCUT2D eigenvalue weighted by Crippen LogP contribution is -2.13. The molecule has 0 saturated heterocycles. The Balaban J connectivity index is 1.49. The van der Waals surface area contributed by atoms with E-state index < -0.39 is 15.7 Å². The third kappa shape index (κ3) is 7.80. The van der Waals surface area contributed by atoms with Crippen molar-refractivity contribution in [2.45, 2.75) is 10.8 Å². The van der Waals surface area contributed by atoms with Crippen molar-refractivity contribution >= 4 is 38.3 Å². The van der Waals surface area contributed by atoms with Crippen LogP contribution in [0.15, 0.2) is 58.4 Å². The van der Waals surface area contributed by atoms with Gasteiger partial charge in [0, 0.05) is 18.7 Å². The minimum atomic E-state index is -3.53. The van der Waals surface area contributed by atoms with Crippen molar-refractivity contribution in [1.29, 1.82) is 5.26 Å². The summed E-state index contributed by atoms with van der Waals surface area (Å²) in [5.74, 6) is 1.36. The van der Waals surface area contributed by atoms with Crippen LogP contribution >= 0.6 is 11.3 Å². The first kappa shape index (κ1) is 25.7. The summed E-state index contributed by atoms with van der Waals surface area (Å²) in [7, 11) is -1.93. The SMILES string of the molecule is COc1cccc(OCCCOc2ccc(C=C(C#N)C(=O)Nc3nnc(S(C)(=O)=O)s3)cc2)c1. The second kappa shape index (κ2) is 12.0. The molecule has 1 amide bonds. The van der Waals surface area contributed by atoms with Gasteiger partial charge < -0.3 is 14.2 Å². The van der Waals surface area contributed by atoms with Crippen LogP contribution in [0.3, 0.4) is 0 Å². The molecule has 0 atom stereocenters. The number of sulfone groups is 1. The highest BCUT2D eigenvalue weighted by molar-refractivity contribution is 7.92. The maximum Gasteiger partial charge on any atom is 0.268 e. The van der Waals surface area contributed by atoms with Crippen LogP contribution < -0.4 is 19.5 Å². The van der Waals surface area contributed by atoms with Gasteiger partial charge in [-0.15, -0.1) is 10.2 Å². The van der Waals surface area contributed by atoms with E-state index in [1.807, 2.05) is 30.3 Å². The molecule has 1 N–H and O–H groups in total. The van der Waals surface area contributed by atoms with Gasteiger partial charge in [0.2, 0.25) is 19.3 Å². The lowest BCUT2D eigenvalue weighted by Gasteiger charge is -2.09. The first-order valence-corrected chi connectivity index (χ1v) is 13.0. The number of nitrogens with one attached hydrogen (secondary N) is 1. The minimum absolute atomic E-state index is 0.0179. The lowest BCUT2D eigenvalue weighted by atomic mass is 10.1. The van der Waals surface area contributed by atoms with E-state index in [0.717, 1.165) is 17.8 Å². The highest BCUT2D eigenvalue weighted by Crippen LogP contribution is 2.21. The number of hydrogen-bond acceptors (Lipinski definition) is 10. The summed E-state index contributed by atoms with van der Waals surface area (Å²) in [6, 6.07) is 16.1. The number of carbonyl (C=O) groups is 1. The molecule has 10 nitrogen and oxygen atoms in total. The number of benzene rings is 2. The molecule has 0 aliphatic heterocycles. The average molecular weight is 515 g/mol. The molecule has 3 rings (SSSR count). The van der Waals surface area contributed by atoms with E-state index in [-0.39, 0.29) is 15.0 Å².